The highest BCUT2D eigenvalue weighted by Gasteiger charge is 2.16. The van der Waals surface area contributed by atoms with Crippen molar-refractivity contribution in [2.45, 2.75) is 26.4 Å². The van der Waals surface area contributed by atoms with Crippen LogP contribution in [0.1, 0.15) is 26.3 Å². The molecule has 0 fully saturated rings. The molecular formula is C14H19N3O5. The van der Waals surface area contributed by atoms with E-state index < -0.39 is 16.6 Å². The zero-order valence-corrected chi connectivity index (χ0v) is 13.0. The van der Waals surface area contributed by atoms with E-state index in [2.05, 4.69) is 10.3 Å². The fourth-order valence-electron chi connectivity index (χ4n) is 1.49. The average Bonchev–Trinajstić information content (AvgIpc) is 2.41. The van der Waals surface area contributed by atoms with Gasteiger partial charge in [0, 0.05) is 18.8 Å². The first-order chi connectivity index (χ1) is 10.2. The summed E-state index contributed by atoms with van der Waals surface area (Å²) in [6.07, 6.45) is 4.15. The summed E-state index contributed by atoms with van der Waals surface area (Å²) in [6, 6.07) is 1.34. The Morgan fingerprint density at radius 1 is 1.50 bits per heavy atom. The molecule has 0 atom stereocenters. The Labute approximate surface area is 128 Å². The van der Waals surface area contributed by atoms with E-state index in [4.69, 9.17) is 9.47 Å². The molecule has 0 unspecified atom stereocenters. The predicted octanol–water partition coefficient (Wildman–Crippen LogP) is 2.54. The summed E-state index contributed by atoms with van der Waals surface area (Å²) >= 11 is 0. The van der Waals surface area contributed by atoms with Gasteiger partial charge < -0.3 is 14.8 Å². The Morgan fingerprint density at radius 2 is 2.18 bits per heavy atom. The fourth-order valence-corrected chi connectivity index (χ4v) is 1.49. The first kappa shape index (κ1) is 17.4. The molecule has 0 bridgehead atoms. The third kappa shape index (κ3) is 5.78. The largest absolute Gasteiger partial charge is 0.476 e. The predicted molar refractivity (Wildman–Crippen MR) is 80.7 cm³/mol. The molecule has 0 aliphatic carbocycles. The second-order valence-corrected chi connectivity index (χ2v) is 5.34. The number of rotatable bonds is 5. The Kier molecular flexibility index (Phi) is 5.85. The lowest BCUT2D eigenvalue weighted by Crippen LogP contribution is -2.32. The lowest BCUT2D eigenvalue weighted by molar-refractivity contribution is -0.386. The molecule has 1 amide bonds. The molecule has 1 N–H and O–H groups in total. The number of pyridine rings is 1. The van der Waals surface area contributed by atoms with Gasteiger partial charge in [0.05, 0.1) is 12.0 Å². The molecule has 22 heavy (non-hydrogen) atoms. The van der Waals surface area contributed by atoms with E-state index in [9.17, 15) is 14.9 Å². The lowest BCUT2D eigenvalue weighted by atomic mass is 10.2. The third-order valence-electron chi connectivity index (χ3n) is 2.32. The van der Waals surface area contributed by atoms with Crippen LogP contribution in [0.4, 0.5) is 10.5 Å². The number of ether oxygens (including phenoxy) is 2. The van der Waals surface area contributed by atoms with Crippen LogP contribution in [-0.2, 0) is 4.74 Å². The van der Waals surface area contributed by atoms with Gasteiger partial charge in [-0.1, -0.05) is 12.2 Å². The molecule has 0 saturated carbocycles. The minimum absolute atomic E-state index is 0.0472. The van der Waals surface area contributed by atoms with Crippen molar-refractivity contribution in [3.05, 3.63) is 34.0 Å². The van der Waals surface area contributed by atoms with E-state index >= 15 is 0 Å². The maximum atomic E-state index is 11.4. The number of amides is 1. The number of nitro groups is 1. The van der Waals surface area contributed by atoms with Crippen LogP contribution in [0.2, 0.25) is 0 Å². The number of carbonyl (C=O) groups excluding carboxylic acids is 1. The second kappa shape index (κ2) is 7.39. The number of aromatic nitrogens is 1. The molecule has 0 aliphatic heterocycles. The van der Waals surface area contributed by atoms with Crippen LogP contribution in [0.5, 0.6) is 5.88 Å². The average molecular weight is 309 g/mol. The van der Waals surface area contributed by atoms with Crippen molar-refractivity contribution in [3.8, 4) is 5.88 Å². The number of carbonyl (C=O) groups is 1. The minimum Gasteiger partial charge on any atom is -0.476 e. The summed E-state index contributed by atoms with van der Waals surface area (Å²) in [7, 11) is 1.32. The van der Waals surface area contributed by atoms with Gasteiger partial charge in [0.25, 0.3) is 5.88 Å². The monoisotopic (exact) mass is 309 g/mol. The van der Waals surface area contributed by atoms with Crippen LogP contribution < -0.4 is 10.1 Å². The van der Waals surface area contributed by atoms with Gasteiger partial charge in [-0.3, -0.25) is 10.1 Å². The van der Waals surface area contributed by atoms with Crippen molar-refractivity contribution in [2.24, 2.45) is 0 Å². The van der Waals surface area contributed by atoms with Gasteiger partial charge in [-0.15, -0.1) is 0 Å². The van der Waals surface area contributed by atoms with Crippen LogP contribution >= 0.6 is 0 Å². The molecule has 120 valence electrons. The zero-order valence-electron chi connectivity index (χ0n) is 13.0. The van der Waals surface area contributed by atoms with Gasteiger partial charge in [-0.2, -0.15) is 0 Å². The highest BCUT2D eigenvalue weighted by atomic mass is 16.6. The van der Waals surface area contributed by atoms with E-state index in [1.807, 2.05) is 0 Å². The van der Waals surface area contributed by atoms with Crippen LogP contribution in [-0.4, -0.2) is 35.3 Å². The van der Waals surface area contributed by atoms with E-state index in [-0.39, 0.29) is 18.1 Å². The first-order valence-electron chi connectivity index (χ1n) is 6.55. The first-order valence-corrected chi connectivity index (χ1v) is 6.55. The number of nitrogens with one attached hydrogen (secondary N) is 1. The van der Waals surface area contributed by atoms with Gasteiger partial charge in [-0.25, -0.2) is 9.78 Å². The third-order valence-corrected chi connectivity index (χ3v) is 2.32. The maximum Gasteiger partial charge on any atom is 0.407 e. The van der Waals surface area contributed by atoms with Crippen LogP contribution in [0.3, 0.4) is 0 Å². The summed E-state index contributed by atoms with van der Waals surface area (Å²) < 4.78 is 9.88. The lowest BCUT2D eigenvalue weighted by Gasteiger charge is -2.19. The molecule has 0 spiro atoms. The number of nitrogens with zero attached hydrogens (tertiary/aromatic N) is 2. The van der Waals surface area contributed by atoms with Crippen molar-refractivity contribution < 1.29 is 19.2 Å². The van der Waals surface area contributed by atoms with E-state index in [1.54, 1.807) is 32.9 Å². The molecule has 0 radical (unpaired) electrons. The second-order valence-electron chi connectivity index (χ2n) is 5.34. The molecule has 8 nitrogen and oxygen atoms in total. The Bertz CT molecular complexity index is 578. The number of methoxy groups -OCH3 is 1. The molecule has 1 rings (SSSR count). The van der Waals surface area contributed by atoms with Gasteiger partial charge in [0.1, 0.15) is 5.60 Å². The van der Waals surface area contributed by atoms with Crippen molar-refractivity contribution in [2.75, 3.05) is 13.7 Å². The van der Waals surface area contributed by atoms with Crippen LogP contribution in [0.25, 0.3) is 6.08 Å². The fraction of sp³-hybridized carbons (Fsp3) is 0.429. The van der Waals surface area contributed by atoms with Gasteiger partial charge in [-0.05, 0) is 26.3 Å². The Hall–Kier alpha value is -2.64. The summed E-state index contributed by atoms with van der Waals surface area (Å²) in [5.74, 6) is -0.0472. The molecule has 8 heteroatoms. The van der Waals surface area contributed by atoms with Crippen LogP contribution in [0.15, 0.2) is 18.3 Å². The van der Waals surface area contributed by atoms with Crippen molar-refractivity contribution >= 4 is 17.9 Å². The Morgan fingerprint density at radius 3 is 2.73 bits per heavy atom. The van der Waals surface area contributed by atoms with Gasteiger partial charge in [0.2, 0.25) is 0 Å². The molecule has 0 saturated heterocycles. The van der Waals surface area contributed by atoms with E-state index in [0.717, 1.165) is 0 Å². The zero-order chi connectivity index (χ0) is 16.8. The molecule has 1 heterocycles. The van der Waals surface area contributed by atoms with E-state index in [1.165, 1.54) is 19.4 Å². The normalized spacial score (nSPS) is 11.3. The van der Waals surface area contributed by atoms with Crippen molar-refractivity contribution in [1.29, 1.82) is 0 Å². The van der Waals surface area contributed by atoms with Crippen LogP contribution in [0, 0.1) is 10.1 Å². The summed E-state index contributed by atoms with van der Waals surface area (Å²) in [5, 5.41) is 13.4. The highest BCUT2D eigenvalue weighted by molar-refractivity contribution is 5.68. The summed E-state index contributed by atoms with van der Waals surface area (Å²) in [6.45, 7) is 5.54. The van der Waals surface area contributed by atoms with Gasteiger partial charge in [0.15, 0.2) is 0 Å². The van der Waals surface area contributed by atoms with Crippen molar-refractivity contribution in [1.82, 2.24) is 10.3 Å². The minimum atomic E-state index is -0.567. The van der Waals surface area contributed by atoms with E-state index in [0.29, 0.717) is 5.56 Å². The SMILES string of the molecule is COc1ncc(C=CCNC(=O)OC(C)(C)C)cc1[N+](=O)[O-]. The van der Waals surface area contributed by atoms with Gasteiger partial charge >= 0.3 is 11.8 Å². The summed E-state index contributed by atoms with van der Waals surface area (Å²) in [5.41, 5.74) is -0.253. The van der Waals surface area contributed by atoms with Crippen molar-refractivity contribution in [3.63, 3.8) is 0 Å². The quantitative estimate of drug-likeness (QED) is 0.662. The summed E-state index contributed by atoms with van der Waals surface area (Å²) in [4.78, 5) is 25.6. The number of hydrogen-bond donors (Lipinski definition) is 1. The smallest absolute Gasteiger partial charge is 0.407 e. The molecule has 0 aromatic carbocycles. The topological polar surface area (TPSA) is 104 Å². The highest BCUT2D eigenvalue weighted by Crippen LogP contribution is 2.24. The molecular weight excluding hydrogens is 290 g/mol. The molecule has 1 aromatic rings. The number of alkyl carbamates (subject to hydrolysis) is 1. The molecule has 0 aliphatic rings. The number of hydrogen-bond acceptors (Lipinski definition) is 6. The standard InChI is InChI=1S/C14H19N3O5/c1-14(2,3)22-13(18)15-7-5-6-10-8-11(17(19)20)12(21-4)16-9-10/h5-6,8-9H,7H2,1-4H3,(H,15,18). The maximum absolute atomic E-state index is 11.4. The molecule has 1 aromatic heterocycles. The Balaban J connectivity index is 2.62.